The molecule has 2 N–H and O–H groups in total. The quantitative estimate of drug-likeness (QED) is 0.401. The van der Waals surface area contributed by atoms with Crippen molar-refractivity contribution in [1.29, 1.82) is 0 Å². The number of halogens is 3. The number of aromatic nitrogens is 3. The number of hydrogen-bond acceptors (Lipinski definition) is 5. The Labute approximate surface area is 214 Å². The van der Waals surface area contributed by atoms with E-state index >= 15 is 0 Å². The van der Waals surface area contributed by atoms with Crippen molar-refractivity contribution in [3.05, 3.63) is 65.9 Å². The van der Waals surface area contributed by atoms with E-state index in [1.54, 1.807) is 0 Å². The lowest BCUT2D eigenvalue weighted by Crippen LogP contribution is -2.23. The molecule has 1 unspecified atom stereocenters. The molecule has 0 bridgehead atoms. The number of allylic oxidation sites excluding steroid dienone is 2. The van der Waals surface area contributed by atoms with Crippen LogP contribution in [0.4, 0.5) is 19.1 Å². The van der Waals surface area contributed by atoms with E-state index in [0.29, 0.717) is 17.2 Å². The predicted octanol–water partition coefficient (Wildman–Crippen LogP) is 6.40. The van der Waals surface area contributed by atoms with Crippen molar-refractivity contribution in [2.24, 2.45) is 0 Å². The molecule has 0 radical (unpaired) electrons. The zero-order chi connectivity index (χ0) is 25.7. The Morgan fingerprint density at radius 1 is 1.05 bits per heavy atom. The zero-order valence-corrected chi connectivity index (χ0v) is 20.7. The Hall–Kier alpha value is -3.33. The van der Waals surface area contributed by atoms with Crippen molar-refractivity contribution in [2.75, 3.05) is 25.0 Å². The van der Waals surface area contributed by atoms with Crippen molar-refractivity contribution in [3.63, 3.8) is 0 Å². The van der Waals surface area contributed by atoms with Crippen LogP contribution in [0, 0.1) is 0 Å². The minimum Gasteiger partial charge on any atom is -0.488 e. The minimum absolute atomic E-state index is 0.136. The second-order valence-electron chi connectivity index (χ2n) is 9.62. The third-order valence-corrected chi connectivity index (χ3v) is 6.89. The minimum atomic E-state index is -4.48. The first-order chi connectivity index (χ1) is 18.0. The van der Waals surface area contributed by atoms with Crippen LogP contribution in [0.3, 0.4) is 0 Å². The summed E-state index contributed by atoms with van der Waals surface area (Å²) >= 11 is 0. The number of alkyl halides is 3. The van der Waals surface area contributed by atoms with Gasteiger partial charge in [-0.3, -0.25) is 4.40 Å². The Bertz CT molecular complexity index is 1270. The van der Waals surface area contributed by atoms with E-state index in [2.05, 4.69) is 20.8 Å². The summed E-state index contributed by atoms with van der Waals surface area (Å²) in [5.74, 6) is 0.768. The first-order valence-electron chi connectivity index (χ1n) is 13.0. The van der Waals surface area contributed by atoms with Crippen molar-refractivity contribution in [3.8, 4) is 17.0 Å². The molecule has 2 aliphatic rings. The maximum Gasteiger partial charge on any atom is 0.416 e. The number of benzene rings is 1. The fourth-order valence-corrected chi connectivity index (χ4v) is 4.91. The van der Waals surface area contributed by atoms with Gasteiger partial charge in [-0.15, -0.1) is 10.2 Å². The maximum atomic E-state index is 13.5. The SMILES string of the molecule is FC(F)(F)c1ccc(-c2nnc(NC3CCCCNCCC3)n3cccc23)c(OCC2=CCCC=C2)c1. The van der Waals surface area contributed by atoms with Crippen LogP contribution in [0.1, 0.15) is 50.5 Å². The van der Waals surface area contributed by atoms with Gasteiger partial charge in [-0.25, -0.2) is 0 Å². The van der Waals surface area contributed by atoms with Gasteiger partial charge in [0.1, 0.15) is 18.1 Å². The van der Waals surface area contributed by atoms with Gasteiger partial charge in [-0.1, -0.05) is 24.6 Å². The summed E-state index contributed by atoms with van der Waals surface area (Å²) in [5.41, 5.74) is 1.89. The molecule has 3 aromatic rings. The Balaban J connectivity index is 1.47. The van der Waals surface area contributed by atoms with Crippen LogP contribution < -0.4 is 15.4 Å². The average Bonchev–Trinajstić information content (AvgIpc) is 3.43. The molecule has 196 valence electrons. The molecule has 1 aliphatic carbocycles. The first-order valence-corrected chi connectivity index (χ1v) is 13.0. The van der Waals surface area contributed by atoms with Gasteiger partial charge in [0, 0.05) is 17.8 Å². The van der Waals surface area contributed by atoms with Crippen LogP contribution >= 0.6 is 0 Å². The largest absolute Gasteiger partial charge is 0.488 e. The van der Waals surface area contributed by atoms with Crippen molar-refractivity contribution < 1.29 is 17.9 Å². The lowest BCUT2D eigenvalue weighted by atomic mass is 10.1. The summed E-state index contributed by atoms with van der Waals surface area (Å²) in [6, 6.07) is 7.63. The van der Waals surface area contributed by atoms with E-state index in [4.69, 9.17) is 4.74 Å². The van der Waals surface area contributed by atoms with Crippen molar-refractivity contribution in [2.45, 2.75) is 57.2 Å². The molecule has 1 fully saturated rings. The van der Waals surface area contributed by atoms with E-state index in [0.717, 1.165) is 81.3 Å². The van der Waals surface area contributed by atoms with E-state index < -0.39 is 11.7 Å². The summed E-state index contributed by atoms with van der Waals surface area (Å²) in [6.07, 6.45) is 10.7. The van der Waals surface area contributed by atoms with Gasteiger partial charge in [0.25, 0.3) is 0 Å². The normalized spacial score (nSPS) is 19.1. The Morgan fingerprint density at radius 3 is 2.76 bits per heavy atom. The number of ether oxygens (including phenoxy) is 1. The van der Waals surface area contributed by atoms with Crippen LogP contribution in [0.15, 0.2) is 60.3 Å². The third kappa shape index (κ3) is 6.15. The van der Waals surface area contributed by atoms with Crippen LogP contribution in [0.25, 0.3) is 16.8 Å². The molecule has 3 heterocycles. The number of rotatable bonds is 6. The van der Waals surface area contributed by atoms with Gasteiger partial charge in [0.2, 0.25) is 5.95 Å². The smallest absolute Gasteiger partial charge is 0.416 e. The van der Waals surface area contributed by atoms with Crippen LogP contribution in [0.5, 0.6) is 5.75 Å². The zero-order valence-electron chi connectivity index (χ0n) is 20.7. The van der Waals surface area contributed by atoms with Gasteiger partial charge < -0.3 is 15.4 Å². The summed E-state index contributed by atoms with van der Waals surface area (Å²) in [7, 11) is 0. The molecule has 1 aliphatic heterocycles. The molecule has 0 saturated carbocycles. The van der Waals surface area contributed by atoms with Crippen molar-refractivity contribution >= 4 is 11.5 Å². The fraction of sp³-hybridized carbons (Fsp3) is 0.429. The molecule has 2 aromatic heterocycles. The van der Waals surface area contributed by atoms with Gasteiger partial charge in [0.05, 0.1) is 11.1 Å². The van der Waals surface area contributed by atoms with Crippen LogP contribution in [0.2, 0.25) is 0 Å². The van der Waals surface area contributed by atoms with Crippen LogP contribution in [-0.2, 0) is 6.18 Å². The summed E-state index contributed by atoms with van der Waals surface area (Å²) < 4.78 is 48.5. The van der Waals surface area contributed by atoms with E-state index in [-0.39, 0.29) is 18.4 Å². The molecule has 5 rings (SSSR count). The standard InChI is InChI=1S/C28H32F3N5O/c29-28(30,31)21-13-14-23(25(18-21)37-19-20-8-2-1-3-9-20)26-24-12-7-17-36(24)27(35-34-26)33-22-10-4-5-15-32-16-6-11-22/h2,7-9,12-14,17-18,22,32H,1,3-6,10-11,15-16,19H2,(H,33,35). The molecule has 9 heteroatoms. The molecular weight excluding hydrogens is 479 g/mol. The molecule has 6 nitrogen and oxygen atoms in total. The van der Waals surface area contributed by atoms with Gasteiger partial charge in [-0.2, -0.15) is 13.2 Å². The summed E-state index contributed by atoms with van der Waals surface area (Å²) in [6.45, 7) is 2.24. The second kappa shape index (κ2) is 11.4. The molecule has 37 heavy (non-hydrogen) atoms. The highest BCUT2D eigenvalue weighted by atomic mass is 19.4. The van der Waals surface area contributed by atoms with E-state index in [9.17, 15) is 13.2 Å². The molecule has 0 spiro atoms. The highest BCUT2D eigenvalue weighted by Crippen LogP contribution is 2.38. The van der Waals surface area contributed by atoms with Gasteiger partial charge >= 0.3 is 6.18 Å². The maximum absolute atomic E-state index is 13.5. The molecule has 0 amide bonds. The summed E-state index contributed by atoms with van der Waals surface area (Å²) in [5, 5.41) is 16.0. The number of hydrogen-bond donors (Lipinski definition) is 2. The molecular formula is C28H32F3N5O. The lowest BCUT2D eigenvalue weighted by molar-refractivity contribution is -0.137. The highest BCUT2D eigenvalue weighted by Gasteiger charge is 2.32. The second-order valence-corrected chi connectivity index (χ2v) is 9.62. The van der Waals surface area contributed by atoms with Gasteiger partial charge in [0.15, 0.2) is 0 Å². The van der Waals surface area contributed by atoms with Gasteiger partial charge in [-0.05, 0) is 87.5 Å². The highest BCUT2D eigenvalue weighted by molar-refractivity contribution is 5.81. The fourth-order valence-electron chi connectivity index (χ4n) is 4.91. The Morgan fingerprint density at radius 2 is 1.92 bits per heavy atom. The molecule has 1 aromatic carbocycles. The molecule has 1 atom stereocenters. The summed E-state index contributed by atoms with van der Waals surface area (Å²) in [4.78, 5) is 0. The number of anilines is 1. The number of nitrogens with one attached hydrogen (secondary N) is 2. The van der Waals surface area contributed by atoms with Crippen LogP contribution in [-0.4, -0.2) is 40.3 Å². The third-order valence-electron chi connectivity index (χ3n) is 6.89. The lowest BCUT2D eigenvalue weighted by Gasteiger charge is -2.20. The topological polar surface area (TPSA) is 63.5 Å². The average molecular weight is 512 g/mol. The first kappa shape index (κ1) is 25.3. The number of fused-ring (bicyclic) bond motifs is 1. The predicted molar refractivity (Wildman–Crippen MR) is 139 cm³/mol. The molecule has 1 saturated heterocycles. The van der Waals surface area contributed by atoms with E-state index in [1.807, 2.05) is 41.0 Å². The van der Waals surface area contributed by atoms with Crippen molar-refractivity contribution in [1.82, 2.24) is 19.9 Å². The monoisotopic (exact) mass is 511 g/mol. The number of nitrogens with zero attached hydrogens (tertiary/aromatic N) is 3. The van der Waals surface area contributed by atoms with E-state index in [1.165, 1.54) is 6.07 Å². The Kier molecular flexibility index (Phi) is 7.79.